The molecule has 0 heterocycles. The largest absolute Gasteiger partial charge is 0.511 e. The lowest BCUT2D eigenvalue weighted by molar-refractivity contribution is -0.137. The molecule has 0 saturated carbocycles. The number of benzene rings is 1. The van der Waals surface area contributed by atoms with Gasteiger partial charge in [-0.1, -0.05) is 17.7 Å². The molecule has 0 bridgehead atoms. The van der Waals surface area contributed by atoms with Crippen LogP contribution >= 0.6 is 0 Å². The van der Waals surface area contributed by atoms with E-state index in [0.29, 0.717) is 13.0 Å². The topological polar surface area (TPSA) is 72.8 Å². The molecule has 1 aromatic rings. The van der Waals surface area contributed by atoms with Crippen LogP contribution in [0.15, 0.2) is 29.5 Å². The van der Waals surface area contributed by atoms with Crippen molar-refractivity contribution >= 4 is 11.8 Å². The molecule has 0 atom stereocenters. The first-order chi connectivity index (χ1) is 10.4. The van der Waals surface area contributed by atoms with Gasteiger partial charge in [-0.25, -0.2) is 4.79 Å². The molecule has 0 fully saturated rings. The van der Waals surface area contributed by atoms with Crippen LogP contribution < -0.4 is 4.74 Å². The fourth-order valence-electron chi connectivity index (χ4n) is 2.07. The number of carbonyl (C=O) groups is 2. The number of ketones is 1. The maximum Gasteiger partial charge on any atom is 0.344 e. The number of rotatable bonds is 7. The molecule has 0 aliphatic carbocycles. The summed E-state index contributed by atoms with van der Waals surface area (Å²) in [7, 11) is 1.17. The Balaban J connectivity index is 2.59. The molecule has 0 unspecified atom stereocenters. The predicted molar refractivity (Wildman–Crippen MR) is 83.0 cm³/mol. The number of esters is 1. The van der Waals surface area contributed by atoms with Crippen LogP contribution in [0.25, 0.3) is 0 Å². The van der Waals surface area contributed by atoms with Crippen LogP contribution in [-0.2, 0) is 14.3 Å². The second kappa shape index (κ2) is 8.22. The van der Waals surface area contributed by atoms with Crippen molar-refractivity contribution < 1.29 is 24.2 Å². The molecular formula is C17H22O5. The highest BCUT2D eigenvalue weighted by Crippen LogP contribution is 2.19. The monoisotopic (exact) mass is 306 g/mol. The van der Waals surface area contributed by atoms with Crippen LogP contribution in [-0.4, -0.2) is 30.6 Å². The third-order valence-corrected chi connectivity index (χ3v) is 3.18. The lowest BCUT2D eigenvalue weighted by Gasteiger charge is -2.10. The quantitative estimate of drug-likeness (QED) is 0.209. The van der Waals surface area contributed by atoms with Crippen molar-refractivity contribution in [3.63, 3.8) is 0 Å². The zero-order chi connectivity index (χ0) is 16.7. The Morgan fingerprint density at radius 2 is 1.91 bits per heavy atom. The Hall–Kier alpha value is -2.30. The van der Waals surface area contributed by atoms with E-state index in [2.05, 4.69) is 4.74 Å². The Kier molecular flexibility index (Phi) is 6.63. The summed E-state index contributed by atoms with van der Waals surface area (Å²) < 4.78 is 10.1. The highest BCUT2D eigenvalue weighted by molar-refractivity contribution is 6.16. The summed E-state index contributed by atoms with van der Waals surface area (Å²) in [5.74, 6) is -0.808. The first-order valence-corrected chi connectivity index (χ1v) is 7.08. The van der Waals surface area contributed by atoms with Gasteiger partial charge in [-0.3, -0.25) is 4.79 Å². The number of hydrogen-bond acceptors (Lipinski definition) is 5. The summed E-state index contributed by atoms with van der Waals surface area (Å²) in [6, 6.07) is 5.89. The number of aliphatic hydroxyl groups is 1. The summed E-state index contributed by atoms with van der Waals surface area (Å²) in [6.07, 6.45) is 0.655. The first-order valence-electron chi connectivity index (χ1n) is 7.08. The number of hydrogen-bond donors (Lipinski definition) is 1. The highest BCUT2D eigenvalue weighted by atomic mass is 16.5. The Morgan fingerprint density at radius 1 is 1.23 bits per heavy atom. The van der Waals surface area contributed by atoms with Crippen molar-refractivity contribution in [2.45, 2.75) is 33.6 Å². The van der Waals surface area contributed by atoms with Gasteiger partial charge in [-0.05, 0) is 38.8 Å². The maximum atomic E-state index is 11.4. The maximum absolute atomic E-state index is 11.4. The molecule has 22 heavy (non-hydrogen) atoms. The number of aryl methyl sites for hydroxylation is 2. The van der Waals surface area contributed by atoms with Crippen molar-refractivity contribution in [1.82, 2.24) is 0 Å². The molecule has 0 aliphatic rings. The lowest BCUT2D eigenvalue weighted by Crippen LogP contribution is -2.15. The van der Waals surface area contributed by atoms with Gasteiger partial charge in [0, 0.05) is 6.42 Å². The predicted octanol–water partition coefficient (Wildman–Crippen LogP) is 3.04. The molecular weight excluding hydrogens is 284 g/mol. The van der Waals surface area contributed by atoms with E-state index >= 15 is 0 Å². The number of methoxy groups -OCH3 is 1. The van der Waals surface area contributed by atoms with Crippen molar-refractivity contribution in [2.75, 3.05) is 13.7 Å². The molecule has 5 heteroatoms. The Morgan fingerprint density at radius 3 is 2.45 bits per heavy atom. The molecule has 0 aromatic heterocycles. The van der Waals surface area contributed by atoms with Gasteiger partial charge in [0.25, 0.3) is 0 Å². The highest BCUT2D eigenvalue weighted by Gasteiger charge is 2.20. The summed E-state index contributed by atoms with van der Waals surface area (Å²) in [5.41, 5.74) is 1.90. The van der Waals surface area contributed by atoms with Crippen LogP contribution in [0.1, 0.15) is 30.9 Å². The van der Waals surface area contributed by atoms with E-state index in [1.807, 2.05) is 32.0 Å². The minimum atomic E-state index is -0.819. The minimum absolute atomic E-state index is 0.176. The number of aliphatic hydroxyl groups excluding tert-OH is 1. The Labute approximate surface area is 130 Å². The standard InChI is InChI=1S/C17H22O5/c1-11-7-8-15(12(2)10-11)22-9-5-6-14(19)16(13(3)18)17(20)21-4/h7-8,10,19H,5-6,9H2,1-4H3. The van der Waals surface area contributed by atoms with Gasteiger partial charge in [0.1, 0.15) is 17.1 Å². The molecule has 0 spiro atoms. The van der Waals surface area contributed by atoms with E-state index in [-0.39, 0.29) is 17.8 Å². The third-order valence-electron chi connectivity index (χ3n) is 3.18. The van der Waals surface area contributed by atoms with Gasteiger partial charge < -0.3 is 14.6 Å². The molecule has 0 aliphatic heterocycles. The summed E-state index contributed by atoms with van der Waals surface area (Å²) in [6.45, 7) is 5.56. The van der Waals surface area contributed by atoms with E-state index in [9.17, 15) is 14.7 Å². The number of Topliss-reactive ketones (excluding diaryl/α,β-unsaturated/α-hetero) is 1. The van der Waals surface area contributed by atoms with E-state index in [4.69, 9.17) is 4.74 Å². The van der Waals surface area contributed by atoms with Crippen molar-refractivity contribution in [2.24, 2.45) is 0 Å². The molecule has 1 aromatic carbocycles. The average Bonchev–Trinajstić information content (AvgIpc) is 2.44. The molecule has 120 valence electrons. The van der Waals surface area contributed by atoms with Gasteiger partial charge in [0.05, 0.1) is 13.7 Å². The first kappa shape index (κ1) is 17.8. The van der Waals surface area contributed by atoms with Gasteiger partial charge in [-0.15, -0.1) is 0 Å². The molecule has 0 saturated heterocycles. The summed E-state index contributed by atoms with van der Waals surface area (Å²) in [4.78, 5) is 22.8. The fraction of sp³-hybridized carbons (Fsp3) is 0.412. The zero-order valence-electron chi connectivity index (χ0n) is 13.4. The normalized spacial score (nSPS) is 11.6. The summed E-state index contributed by atoms with van der Waals surface area (Å²) >= 11 is 0. The minimum Gasteiger partial charge on any atom is -0.511 e. The molecule has 1 N–H and O–H groups in total. The lowest BCUT2D eigenvalue weighted by atomic mass is 10.1. The van der Waals surface area contributed by atoms with Gasteiger partial charge >= 0.3 is 5.97 Å². The van der Waals surface area contributed by atoms with E-state index < -0.39 is 11.8 Å². The Bertz CT molecular complexity index is 587. The molecule has 1 rings (SSSR count). The van der Waals surface area contributed by atoms with Crippen LogP contribution in [0.5, 0.6) is 5.75 Å². The fourth-order valence-corrected chi connectivity index (χ4v) is 2.07. The van der Waals surface area contributed by atoms with Crippen molar-refractivity contribution in [1.29, 1.82) is 0 Å². The van der Waals surface area contributed by atoms with Gasteiger partial charge in [-0.2, -0.15) is 0 Å². The van der Waals surface area contributed by atoms with Crippen LogP contribution in [0.2, 0.25) is 0 Å². The second-order valence-corrected chi connectivity index (χ2v) is 5.09. The summed E-state index contributed by atoms with van der Waals surface area (Å²) in [5, 5.41) is 9.87. The number of allylic oxidation sites excluding steroid dienone is 1. The van der Waals surface area contributed by atoms with Crippen LogP contribution in [0, 0.1) is 13.8 Å². The van der Waals surface area contributed by atoms with Gasteiger partial charge in [0.15, 0.2) is 5.78 Å². The van der Waals surface area contributed by atoms with E-state index in [1.54, 1.807) is 0 Å². The van der Waals surface area contributed by atoms with E-state index in [1.165, 1.54) is 14.0 Å². The van der Waals surface area contributed by atoms with Gasteiger partial charge in [0.2, 0.25) is 0 Å². The molecule has 0 amide bonds. The molecule has 5 nitrogen and oxygen atoms in total. The molecule has 0 radical (unpaired) electrons. The van der Waals surface area contributed by atoms with Crippen molar-refractivity contribution in [3.8, 4) is 5.75 Å². The van der Waals surface area contributed by atoms with Crippen LogP contribution in [0.4, 0.5) is 0 Å². The smallest absolute Gasteiger partial charge is 0.344 e. The second-order valence-electron chi connectivity index (χ2n) is 5.09. The van der Waals surface area contributed by atoms with Crippen molar-refractivity contribution in [3.05, 3.63) is 40.7 Å². The third kappa shape index (κ3) is 4.91. The van der Waals surface area contributed by atoms with Crippen LogP contribution in [0.3, 0.4) is 0 Å². The zero-order valence-corrected chi connectivity index (χ0v) is 13.4. The average molecular weight is 306 g/mol. The number of ether oxygens (including phenoxy) is 2. The van der Waals surface area contributed by atoms with E-state index in [0.717, 1.165) is 16.9 Å². The SMILES string of the molecule is COC(=O)C(C(C)=O)=C(O)CCCOc1ccc(C)cc1C. The number of carbonyl (C=O) groups excluding carboxylic acids is 2.